The molecule has 3 aliphatic heterocycles. The van der Waals surface area contributed by atoms with Crippen molar-refractivity contribution < 1.29 is 28.5 Å². The van der Waals surface area contributed by atoms with Crippen molar-refractivity contribution in [3.05, 3.63) is 83.4 Å². The van der Waals surface area contributed by atoms with Crippen LogP contribution in [0, 0.1) is 5.41 Å². The van der Waals surface area contributed by atoms with Gasteiger partial charge in [0, 0.05) is 12.0 Å². The topological polar surface area (TPSA) is 74.3 Å². The van der Waals surface area contributed by atoms with E-state index in [1.54, 1.807) is 32.4 Å². The Bertz CT molecular complexity index is 1300. The lowest BCUT2D eigenvalue weighted by Crippen LogP contribution is -2.48. The molecule has 0 spiro atoms. The lowest BCUT2D eigenvalue weighted by molar-refractivity contribution is -0.116. The number of benzene rings is 3. The highest BCUT2D eigenvalue weighted by atomic mass is 16.5. The van der Waals surface area contributed by atoms with Crippen molar-refractivity contribution in [1.29, 1.82) is 0 Å². The number of nitrogens with zero attached hydrogens (tertiary/aromatic N) is 1. The number of carbonyl (C=O) groups is 2. The van der Waals surface area contributed by atoms with Gasteiger partial charge in [0.15, 0.2) is 11.5 Å². The van der Waals surface area contributed by atoms with E-state index >= 15 is 0 Å². The third kappa shape index (κ3) is 6.65. The molecule has 0 aromatic heterocycles. The van der Waals surface area contributed by atoms with Crippen molar-refractivity contribution in [2.24, 2.45) is 5.41 Å². The minimum atomic E-state index is -0.472. The van der Waals surface area contributed by atoms with Crippen LogP contribution in [0.4, 0.5) is 0 Å². The van der Waals surface area contributed by atoms with Crippen molar-refractivity contribution in [3.63, 3.8) is 0 Å². The van der Waals surface area contributed by atoms with Gasteiger partial charge in [0.1, 0.15) is 24.7 Å². The summed E-state index contributed by atoms with van der Waals surface area (Å²) in [6, 6.07) is 20.2. The van der Waals surface area contributed by atoms with Gasteiger partial charge in [-0.2, -0.15) is 0 Å². The third-order valence-corrected chi connectivity index (χ3v) is 8.32. The summed E-state index contributed by atoms with van der Waals surface area (Å²) < 4.78 is 22.7. The molecule has 3 fully saturated rings. The minimum absolute atomic E-state index is 0.219. The van der Waals surface area contributed by atoms with Crippen LogP contribution in [-0.2, 0) is 18.0 Å². The van der Waals surface area contributed by atoms with Crippen LogP contribution in [0.15, 0.2) is 66.7 Å². The lowest BCUT2D eigenvalue weighted by Gasteiger charge is -2.48. The van der Waals surface area contributed by atoms with Crippen LogP contribution >= 0.6 is 0 Å². The van der Waals surface area contributed by atoms with E-state index in [0.29, 0.717) is 23.7 Å². The highest BCUT2D eigenvalue weighted by molar-refractivity contribution is 6.43. The number of carbonyl (C=O) groups excluding carboxylic acids is 2. The number of Topliss-reactive ketones (excluding diaryl/α,β-unsaturated/α-hetero) is 2. The van der Waals surface area contributed by atoms with Crippen LogP contribution in [0.2, 0.25) is 0 Å². The van der Waals surface area contributed by atoms with E-state index < -0.39 is 5.78 Å². The molecule has 3 saturated heterocycles. The van der Waals surface area contributed by atoms with E-state index in [9.17, 15) is 9.59 Å². The maximum absolute atomic E-state index is 13.2. The molecule has 0 saturated carbocycles. The molecule has 3 heterocycles. The van der Waals surface area contributed by atoms with E-state index in [4.69, 9.17) is 18.9 Å². The van der Waals surface area contributed by atoms with Gasteiger partial charge in [-0.1, -0.05) is 24.3 Å². The van der Waals surface area contributed by atoms with Gasteiger partial charge in [0.05, 0.1) is 14.2 Å². The SMILES string of the molecule is COc1ccc(COc2ccc(C(=O)C(=O)CCC34CCN(CC3)CC4)cc2OCc2ccc(OC)cc2)cc1. The van der Waals surface area contributed by atoms with E-state index in [1.807, 2.05) is 48.5 Å². The fraction of sp³-hybridized carbons (Fsp3) is 0.394. The summed E-state index contributed by atoms with van der Waals surface area (Å²) in [5.74, 6) is 1.64. The van der Waals surface area contributed by atoms with Gasteiger partial charge in [-0.25, -0.2) is 0 Å². The number of fused-ring (bicyclic) bond motifs is 3. The number of hydrogen-bond acceptors (Lipinski definition) is 7. The van der Waals surface area contributed by atoms with Crippen LogP contribution in [0.3, 0.4) is 0 Å². The Kier molecular flexibility index (Phi) is 8.70. The van der Waals surface area contributed by atoms with Crippen molar-refractivity contribution in [1.82, 2.24) is 4.90 Å². The van der Waals surface area contributed by atoms with E-state index in [1.165, 1.54) is 0 Å². The molecule has 6 rings (SSSR count). The summed E-state index contributed by atoms with van der Waals surface area (Å²) in [6.07, 6.45) is 4.44. The summed E-state index contributed by atoms with van der Waals surface area (Å²) >= 11 is 0. The number of piperidine rings is 3. The molecule has 2 bridgehead atoms. The monoisotopic (exact) mass is 543 g/mol. The average molecular weight is 544 g/mol. The molecule has 0 atom stereocenters. The standard InChI is InChI=1S/C33H37NO6/c1-37-27-8-3-24(4-9-27)22-39-30-12-7-26(21-31(30)40-23-25-5-10-28(38-2)11-6-25)32(36)29(35)13-14-33-15-18-34(19-16-33)20-17-33/h3-12,21H,13-20,22-23H2,1-2H3. The zero-order valence-electron chi connectivity index (χ0n) is 23.3. The largest absolute Gasteiger partial charge is 0.497 e. The number of methoxy groups -OCH3 is 2. The van der Waals surface area contributed by atoms with Gasteiger partial charge in [-0.15, -0.1) is 0 Å². The van der Waals surface area contributed by atoms with E-state index in [0.717, 1.165) is 67.9 Å². The first-order chi connectivity index (χ1) is 19.5. The number of ketones is 2. The minimum Gasteiger partial charge on any atom is -0.497 e. The molecule has 3 aromatic rings. The van der Waals surface area contributed by atoms with Crippen molar-refractivity contribution in [2.45, 2.75) is 45.3 Å². The van der Waals surface area contributed by atoms with Crippen molar-refractivity contribution >= 4 is 11.6 Å². The Morgan fingerprint density at radius 3 is 1.77 bits per heavy atom. The van der Waals surface area contributed by atoms with Gasteiger partial charge < -0.3 is 23.8 Å². The molecule has 0 unspecified atom stereocenters. The van der Waals surface area contributed by atoms with Crippen molar-refractivity contribution in [2.75, 3.05) is 33.9 Å². The molecule has 0 N–H and O–H groups in total. The molecule has 7 nitrogen and oxygen atoms in total. The smallest absolute Gasteiger partial charge is 0.228 e. The quantitative estimate of drug-likeness (QED) is 0.197. The third-order valence-electron chi connectivity index (χ3n) is 8.32. The summed E-state index contributed by atoms with van der Waals surface area (Å²) in [4.78, 5) is 28.7. The first-order valence-electron chi connectivity index (χ1n) is 13.9. The summed E-state index contributed by atoms with van der Waals surface area (Å²) in [7, 11) is 3.25. The second kappa shape index (κ2) is 12.6. The summed E-state index contributed by atoms with van der Waals surface area (Å²) in [6.45, 7) is 3.90. The Morgan fingerprint density at radius 1 is 0.725 bits per heavy atom. The van der Waals surface area contributed by atoms with Crippen LogP contribution < -0.4 is 18.9 Å². The Balaban J connectivity index is 1.28. The number of rotatable bonds is 13. The number of ether oxygens (including phenoxy) is 4. The van der Waals surface area contributed by atoms with Gasteiger partial charge in [0.2, 0.25) is 11.6 Å². The second-order valence-corrected chi connectivity index (χ2v) is 10.8. The van der Waals surface area contributed by atoms with Gasteiger partial charge >= 0.3 is 0 Å². The van der Waals surface area contributed by atoms with Crippen molar-refractivity contribution in [3.8, 4) is 23.0 Å². The van der Waals surface area contributed by atoms with Crippen LogP contribution in [0.5, 0.6) is 23.0 Å². The fourth-order valence-electron chi connectivity index (χ4n) is 5.57. The van der Waals surface area contributed by atoms with E-state index in [-0.39, 0.29) is 24.2 Å². The van der Waals surface area contributed by atoms with E-state index in [2.05, 4.69) is 4.90 Å². The summed E-state index contributed by atoms with van der Waals surface area (Å²) in [5, 5.41) is 0. The van der Waals surface area contributed by atoms with Gasteiger partial charge in [-0.3, -0.25) is 9.59 Å². The molecule has 0 amide bonds. The molecule has 210 valence electrons. The maximum Gasteiger partial charge on any atom is 0.228 e. The molecule has 3 aromatic carbocycles. The zero-order chi connectivity index (χ0) is 28.0. The molecule has 3 aliphatic rings. The average Bonchev–Trinajstić information content (AvgIpc) is 3.02. The predicted molar refractivity (Wildman–Crippen MR) is 152 cm³/mol. The normalized spacial score (nSPS) is 19.6. The van der Waals surface area contributed by atoms with Crippen LogP contribution in [0.25, 0.3) is 0 Å². The Morgan fingerprint density at radius 2 is 1.25 bits per heavy atom. The first kappa shape index (κ1) is 27.7. The van der Waals surface area contributed by atoms with Crippen LogP contribution in [-0.4, -0.2) is 50.3 Å². The second-order valence-electron chi connectivity index (χ2n) is 10.8. The molecule has 0 aliphatic carbocycles. The Hall–Kier alpha value is -3.84. The molecule has 0 radical (unpaired) electrons. The van der Waals surface area contributed by atoms with Crippen LogP contribution in [0.1, 0.15) is 53.6 Å². The molecule has 7 heteroatoms. The Labute approximate surface area is 236 Å². The lowest BCUT2D eigenvalue weighted by atomic mass is 9.69. The van der Waals surface area contributed by atoms with Gasteiger partial charge in [-0.05, 0) is 104 Å². The zero-order valence-corrected chi connectivity index (χ0v) is 23.3. The highest BCUT2D eigenvalue weighted by Crippen LogP contribution is 2.43. The number of hydrogen-bond donors (Lipinski definition) is 0. The fourth-order valence-corrected chi connectivity index (χ4v) is 5.57. The highest BCUT2D eigenvalue weighted by Gasteiger charge is 2.39. The van der Waals surface area contributed by atoms with Gasteiger partial charge in [0.25, 0.3) is 0 Å². The molecular formula is C33H37NO6. The summed E-state index contributed by atoms with van der Waals surface area (Å²) in [5.41, 5.74) is 2.44. The molecule has 40 heavy (non-hydrogen) atoms. The first-order valence-corrected chi connectivity index (χ1v) is 13.9. The predicted octanol–water partition coefficient (Wildman–Crippen LogP) is 5.88. The molecular weight excluding hydrogens is 506 g/mol. The maximum atomic E-state index is 13.2.